The fourth-order valence-electron chi connectivity index (χ4n) is 1.53. The SMILES string of the molecule is C=C1C=C(C(C)C=O)CCCC1.CC.CN. The molecule has 1 aliphatic carbocycles. The molecule has 0 spiro atoms. The first-order chi connectivity index (χ1) is 7.74. The van der Waals surface area contributed by atoms with Crippen LogP contribution in [0.15, 0.2) is 23.8 Å². The molecule has 0 radical (unpaired) electrons. The van der Waals surface area contributed by atoms with E-state index in [0.29, 0.717) is 0 Å². The van der Waals surface area contributed by atoms with Gasteiger partial charge >= 0.3 is 0 Å². The zero-order chi connectivity index (χ0) is 13.0. The van der Waals surface area contributed by atoms with Crippen LogP contribution in [0.2, 0.25) is 0 Å². The standard InChI is InChI=1S/C11H16O.C2H6.CH5N/c1-9-5-3-4-6-11(7-9)10(2)8-12;2*1-2/h7-8,10H,1,3-6H2,2H3;1-2H3;2H2,1H3. The number of nitrogens with two attached hydrogens (primary N) is 1. The molecule has 2 heteroatoms. The minimum absolute atomic E-state index is 0.0832. The average molecular weight is 225 g/mol. The summed E-state index contributed by atoms with van der Waals surface area (Å²) in [7, 11) is 1.50. The first-order valence-corrected chi connectivity index (χ1v) is 6.15. The topological polar surface area (TPSA) is 43.1 Å². The van der Waals surface area contributed by atoms with Crippen molar-refractivity contribution in [3.63, 3.8) is 0 Å². The third-order valence-electron chi connectivity index (χ3n) is 2.39. The highest BCUT2D eigenvalue weighted by molar-refractivity contribution is 5.58. The van der Waals surface area contributed by atoms with E-state index < -0.39 is 0 Å². The molecule has 0 bridgehead atoms. The predicted molar refractivity (Wildman–Crippen MR) is 72.4 cm³/mol. The molecule has 0 heterocycles. The van der Waals surface area contributed by atoms with Gasteiger partial charge in [-0.15, -0.1) is 0 Å². The van der Waals surface area contributed by atoms with Crippen molar-refractivity contribution in [1.29, 1.82) is 0 Å². The molecule has 0 saturated heterocycles. The summed E-state index contributed by atoms with van der Waals surface area (Å²) >= 11 is 0. The van der Waals surface area contributed by atoms with Gasteiger partial charge in [0.15, 0.2) is 0 Å². The van der Waals surface area contributed by atoms with Crippen LogP contribution in [0.4, 0.5) is 0 Å². The number of carbonyl (C=O) groups excluding carboxylic acids is 1. The van der Waals surface area contributed by atoms with Crippen molar-refractivity contribution in [2.45, 2.75) is 46.5 Å². The Morgan fingerprint density at radius 3 is 2.31 bits per heavy atom. The summed E-state index contributed by atoms with van der Waals surface area (Å²) in [5, 5.41) is 0. The van der Waals surface area contributed by atoms with E-state index in [1.54, 1.807) is 0 Å². The van der Waals surface area contributed by atoms with E-state index in [-0.39, 0.29) is 5.92 Å². The second kappa shape index (κ2) is 12.2. The van der Waals surface area contributed by atoms with Crippen molar-refractivity contribution >= 4 is 6.29 Å². The van der Waals surface area contributed by atoms with Crippen LogP contribution < -0.4 is 5.73 Å². The Labute approximate surface area is 101 Å². The number of hydrogen-bond acceptors (Lipinski definition) is 2. The smallest absolute Gasteiger partial charge is 0.126 e. The zero-order valence-corrected chi connectivity index (χ0v) is 11.3. The van der Waals surface area contributed by atoms with E-state index in [1.807, 2.05) is 20.8 Å². The summed E-state index contributed by atoms with van der Waals surface area (Å²) in [4.78, 5) is 10.6. The van der Waals surface area contributed by atoms with Crippen LogP contribution in [0, 0.1) is 5.92 Å². The Bertz CT molecular complexity index is 219. The Hall–Kier alpha value is -0.890. The minimum atomic E-state index is 0.0832. The Morgan fingerprint density at radius 1 is 1.31 bits per heavy atom. The molecule has 1 aliphatic rings. The molecule has 2 nitrogen and oxygen atoms in total. The van der Waals surface area contributed by atoms with Gasteiger partial charge in [0.05, 0.1) is 0 Å². The van der Waals surface area contributed by atoms with Crippen LogP contribution in [0.3, 0.4) is 0 Å². The summed E-state index contributed by atoms with van der Waals surface area (Å²) in [5.41, 5.74) is 6.93. The first-order valence-electron chi connectivity index (χ1n) is 6.15. The number of carbonyl (C=O) groups is 1. The van der Waals surface area contributed by atoms with Gasteiger partial charge in [0, 0.05) is 5.92 Å². The fraction of sp³-hybridized carbons (Fsp3) is 0.643. The van der Waals surface area contributed by atoms with Crippen molar-refractivity contribution in [3.05, 3.63) is 23.8 Å². The van der Waals surface area contributed by atoms with Gasteiger partial charge in [0.2, 0.25) is 0 Å². The van der Waals surface area contributed by atoms with E-state index in [9.17, 15) is 4.79 Å². The van der Waals surface area contributed by atoms with E-state index in [0.717, 1.165) is 19.1 Å². The molecule has 16 heavy (non-hydrogen) atoms. The second-order valence-corrected chi connectivity index (χ2v) is 3.51. The molecule has 0 fully saturated rings. The maximum absolute atomic E-state index is 10.6. The third kappa shape index (κ3) is 7.41. The van der Waals surface area contributed by atoms with Gasteiger partial charge in [0.1, 0.15) is 6.29 Å². The molecule has 0 aromatic rings. The molecule has 1 atom stereocenters. The predicted octanol–water partition coefficient (Wildman–Crippen LogP) is 3.48. The summed E-state index contributed by atoms with van der Waals surface area (Å²) in [6, 6.07) is 0. The molecule has 0 saturated carbocycles. The van der Waals surface area contributed by atoms with Crippen LogP contribution >= 0.6 is 0 Å². The number of rotatable bonds is 2. The summed E-state index contributed by atoms with van der Waals surface area (Å²) in [5.74, 6) is 0.0832. The van der Waals surface area contributed by atoms with Gasteiger partial charge in [-0.25, -0.2) is 0 Å². The molecule has 94 valence electrons. The number of allylic oxidation sites excluding steroid dienone is 3. The lowest BCUT2D eigenvalue weighted by molar-refractivity contribution is -0.109. The van der Waals surface area contributed by atoms with Crippen molar-refractivity contribution in [1.82, 2.24) is 0 Å². The molecule has 0 aliphatic heterocycles. The molecule has 0 aromatic heterocycles. The molecule has 0 amide bonds. The summed E-state index contributed by atoms with van der Waals surface area (Å²) < 4.78 is 0. The second-order valence-electron chi connectivity index (χ2n) is 3.51. The normalized spacial score (nSPS) is 16.6. The van der Waals surface area contributed by atoms with Gasteiger partial charge < -0.3 is 10.5 Å². The average Bonchev–Trinajstić information content (AvgIpc) is 2.58. The highest BCUT2D eigenvalue weighted by Crippen LogP contribution is 2.24. The largest absolute Gasteiger partial charge is 0.333 e. The monoisotopic (exact) mass is 225 g/mol. The van der Waals surface area contributed by atoms with Crippen LogP contribution in [-0.4, -0.2) is 13.3 Å². The number of aldehydes is 1. The zero-order valence-electron chi connectivity index (χ0n) is 11.3. The highest BCUT2D eigenvalue weighted by Gasteiger charge is 2.10. The molecular weight excluding hydrogens is 198 g/mol. The number of hydrogen-bond donors (Lipinski definition) is 1. The summed E-state index contributed by atoms with van der Waals surface area (Å²) in [6.45, 7) is 9.90. The Balaban J connectivity index is 0. The van der Waals surface area contributed by atoms with Gasteiger partial charge in [-0.3, -0.25) is 0 Å². The van der Waals surface area contributed by atoms with Crippen LogP contribution in [0.25, 0.3) is 0 Å². The van der Waals surface area contributed by atoms with Gasteiger partial charge in [-0.05, 0) is 32.7 Å². The minimum Gasteiger partial charge on any atom is -0.333 e. The molecular formula is C14H27NO. The quantitative estimate of drug-likeness (QED) is 0.731. The molecule has 1 rings (SSSR count). The molecule has 0 aromatic carbocycles. The van der Waals surface area contributed by atoms with E-state index >= 15 is 0 Å². The van der Waals surface area contributed by atoms with Crippen LogP contribution in [0.5, 0.6) is 0 Å². The highest BCUT2D eigenvalue weighted by atomic mass is 16.1. The molecule has 1 unspecified atom stereocenters. The maximum Gasteiger partial charge on any atom is 0.126 e. The lowest BCUT2D eigenvalue weighted by atomic mass is 9.98. The fourth-order valence-corrected chi connectivity index (χ4v) is 1.53. The van der Waals surface area contributed by atoms with Crippen molar-refractivity contribution in [2.75, 3.05) is 7.05 Å². The van der Waals surface area contributed by atoms with E-state index in [1.165, 1.54) is 31.0 Å². The van der Waals surface area contributed by atoms with Crippen molar-refractivity contribution in [3.8, 4) is 0 Å². The van der Waals surface area contributed by atoms with Gasteiger partial charge in [-0.2, -0.15) is 0 Å². The maximum atomic E-state index is 10.6. The lowest BCUT2D eigenvalue weighted by Crippen LogP contribution is -2.00. The molecule has 2 N–H and O–H groups in total. The lowest BCUT2D eigenvalue weighted by Gasteiger charge is -2.06. The van der Waals surface area contributed by atoms with Crippen molar-refractivity contribution in [2.24, 2.45) is 11.7 Å². The van der Waals surface area contributed by atoms with E-state index in [2.05, 4.69) is 18.4 Å². The third-order valence-corrected chi connectivity index (χ3v) is 2.39. The van der Waals surface area contributed by atoms with Crippen LogP contribution in [-0.2, 0) is 4.79 Å². The first kappa shape index (κ1) is 17.5. The van der Waals surface area contributed by atoms with Crippen LogP contribution in [0.1, 0.15) is 46.5 Å². The van der Waals surface area contributed by atoms with Crippen molar-refractivity contribution < 1.29 is 4.79 Å². The van der Waals surface area contributed by atoms with Gasteiger partial charge in [0.25, 0.3) is 0 Å². The van der Waals surface area contributed by atoms with E-state index in [4.69, 9.17) is 0 Å². The summed E-state index contributed by atoms with van der Waals surface area (Å²) in [6.07, 6.45) is 7.69. The van der Waals surface area contributed by atoms with Gasteiger partial charge in [-0.1, -0.05) is 44.6 Å². The Morgan fingerprint density at radius 2 is 1.81 bits per heavy atom. The Kier molecular flexibility index (Phi) is 13.3.